The summed E-state index contributed by atoms with van der Waals surface area (Å²) in [7, 11) is 0. The number of nitrogens with zero attached hydrogens (tertiary/aromatic N) is 3. The SMILES string of the molecule is Cc1cc(NC(=O)c2ccccc2Br)nn1-c1ccc(C#N)cc1. The molecule has 6 heteroatoms. The van der Waals surface area contributed by atoms with E-state index < -0.39 is 0 Å². The van der Waals surface area contributed by atoms with Gasteiger partial charge in [0.25, 0.3) is 5.91 Å². The van der Waals surface area contributed by atoms with Gasteiger partial charge in [-0.3, -0.25) is 4.79 Å². The number of carbonyl (C=O) groups excluding carboxylic acids is 1. The van der Waals surface area contributed by atoms with Crippen molar-refractivity contribution in [1.82, 2.24) is 9.78 Å². The number of halogens is 1. The Balaban J connectivity index is 1.85. The van der Waals surface area contributed by atoms with Gasteiger partial charge in [-0.05, 0) is 59.3 Å². The smallest absolute Gasteiger partial charge is 0.258 e. The number of aryl methyl sites for hydroxylation is 1. The molecular formula is C18H13BrN4O. The quantitative estimate of drug-likeness (QED) is 0.744. The number of nitrogens with one attached hydrogen (secondary N) is 1. The number of anilines is 1. The van der Waals surface area contributed by atoms with Crippen molar-refractivity contribution in [3.8, 4) is 11.8 Å². The van der Waals surface area contributed by atoms with Crippen LogP contribution in [0.5, 0.6) is 0 Å². The van der Waals surface area contributed by atoms with Crippen LogP contribution in [0.1, 0.15) is 21.6 Å². The fourth-order valence-corrected chi connectivity index (χ4v) is 2.77. The third-order valence-electron chi connectivity index (χ3n) is 3.49. The van der Waals surface area contributed by atoms with Gasteiger partial charge < -0.3 is 5.32 Å². The maximum Gasteiger partial charge on any atom is 0.258 e. The largest absolute Gasteiger partial charge is 0.305 e. The van der Waals surface area contributed by atoms with Crippen molar-refractivity contribution < 1.29 is 4.79 Å². The zero-order valence-corrected chi connectivity index (χ0v) is 14.4. The predicted molar refractivity (Wildman–Crippen MR) is 95.1 cm³/mol. The third kappa shape index (κ3) is 3.21. The van der Waals surface area contributed by atoms with Gasteiger partial charge in [-0.1, -0.05) is 12.1 Å². The monoisotopic (exact) mass is 380 g/mol. The van der Waals surface area contributed by atoms with E-state index in [1.54, 1.807) is 35.0 Å². The first-order valence-corrected chi connectivity index (χ1v) is 8.01. The van der Waals surface area contributed by atoms with Crippen LogP contribution in [-0.4, -0.2) is 15.7 Å². The molecule has 0 unspecified atom stereocenters. The van der Waals surface area contributed by atoms with Crippen molar-refractivity contribution in [3.05, 3.63) is 75.9 Å². The van der Waals surface area contributed by atoms with Gasteiger partial charge in [0.2, 0.25) is 0 Å². The topological polar surface area (TPSA) is 70.7 Å². The Hall–Kier alpha value is -2.91. The van der Waals surface area contributed by atoms with Crippen LogP contribution in [0.25, 0.3) is 5.69 Å². The van der Waals surface area contributed by atoms with Crippen LogP contribution in [0.2, 0.25) is 0 Å². The molecule has 0 radical (unpaired) electrons. The molecule has 0 saturated carbocycles. The minimum Gasteiger partial charge on any atom is -0.305 e. The van der Waals surface area contributed by atoms with Crippen LogP contribution in [0.3, 0.4) is 0 Å². The first-order chi connectivity index (χ1) is 11.6. The van der Waals surface area contributed by atoms with E-state index in [1.165, 1.54) is 0 Å². The number of amides is 1. The van der Waals surface area contributed by atoms with Crippen LogP contribution in [0.15, 0.2) is 59.1 Å². The molecule has 0 aliphatic heterocycles. The van der Waals surface area contributed by atoms with Gasteiger partial charge in [-0.2, -0.15) is 5.26 Å². The molecule has 2 aromatic carbocycles. The van der Waals surface area contributed by atoms with Crippen LogP contribution in [0, 0.1) is 18.3 Å². The van der Waals surface area contributed by atoms with Crippen molar-refractivity contribution in [2.75, 3.05) is 5.32 Å². The van der Waals surface area contributed by atoms with Gasteiger partial charge >= 0.3 is 0 Å². The van der Waals surface area contributed by atoms with E-state index in [-0.39, 0.29) is 5.91 Å². The Kier molecular flexibility index (Phi) is 4.45. The van der Waals surface area contributed by atoms with E-state index in [0.29, 0.717) is 16.9 Å². The molecule has 5 nitrogen and oxygen atoms in total. The number of carbonyl (C=O) groups is 1. The summed E-state index contributed by atoms with van der Waals surface area (Å²) >= 11 is 3.37. The second-order valence-electron chi connectivity index (χ2n) is 5.18. The summed E-state index contributed by atoms with van der Waals surface area (Å²) in [4.78, 5) is 12.3. The Morgan fingerprint density at radius 3 is 2.58 bits per heavy atom. The number of nitriles is 1. The summed E-state index contributed by atoms with van der Waals surface area (Å²) in [6, 6.07) is 18.2. The average molecular weight is 381 g/mol. The Morgan fingerprint density at radius 1 is 1.21 bits per heavy atom. The maximum absolute atomic E-state index is 12.3. The normalized spacial score (nSPS) is 10.2. The van der Waals surface area contributed by atoms with Gasteiger partial charge in [0.05, 0.1) is 22.9 Å². The predicted octanol–water partition coefficient (Wildman–Crippen LogP) is 4.07. The average Bonchev–Trinajstić information content (AvgIpc) is 2.95. The highest BCUT2D eigenvalue weighted by Crippen LogP contribution is 2.19. The zero-order chi connectivity index (χ0) is 17.1. The molecule has 0 atom stereocenters. The molecular weight excluding hydrogens is 368 g/mol. The standard InChI is InChI=1S/C18H13BrN4O/c1-12-10-17(21-18(24)15-4-2-3-5-16(15)19)22-23(12)14-8-6-13(11-20)7-9-14/h2-10H,1H3,(H,21,22,24). The number of rotatable bonds is 3. The van der Waals surface area contributed by atoms with Crippen LogP contribution >= 0.6 is 15.9 Å². The van der Waals surface area contributed by atoms with Crippen LogP contribution < -0.4 is 5.32 Å². The summed E-state index contributed by atoms with van der Waals surface area (Å²) < 4.78 is 2.45. The molecule has 1 heterocycles. The summed E-state index contributed by atoms with van der Waals surface area (Å²) in [5, 5.41) is 16.1. The van der Waals surface area contributed by atoms with E-state index in [4.69, 9.17) is 5.26 Å². The Labute approximate surface area is 147 Å². The Morgan fingerprint density at radius 2 is 1.92 bits per heavy atom. The molecule has 1 N–H and O–H groups in total. The lowest BCUT2D eigenvalue weighted by atomic mass is 10.2. The van der Waals surface area contributed by atoms with Gasteiger partial charge in [0.1, 0.15) is 0 Å². The molecule has 0 aliphatic rings. The van der Waals surface area contributed by atoms with Gasteiger partial charge in [-0.15, -0.1) is 5.10 Å². The molecule has 1 aromatic heterocycles. The highest BCUT2D eigenvalue weighted by Gasteiger charge is 2.13. The number of hydrogen-bond donors (Lipinski definition) is 1. The fraction of sp³-hybridized carbons (Fsp3) is 0.0556. The second-order valence-corrected chi connectivity index (χ2v) is 6.03. The van der Waals surface area contributed by atoms with Gasteiger partial charge in [0.15, 0.2) is 5.82 Å². The van der Waals surface area contributed by atoms with E-state index in [9.17, 15) is 4.79 Å². The number of hydrogen-bond acceptors (Lipinski definition) is 3. The lowest BCUT2D eigenvalue weighted by molar-refractivity contribution is 0.102. The molecule has 24 heavy (non-hydrogen) atoms. The summed E-state index contributed by atoms with van der Waals surface area (Å²) in [5.74, 6) is 0.240. The third-order valence-corrected chi connectivity index (χ3v) is 4.18. The Bertz CT molecular complexity index is 938. The van der Waals surface area contributed by atoms with Crippen molar-refractivity contribution in [3.63, 3.8) is 0 Å². The molecule has 0 saturated heterocycles. The first kappa shape index (κ1) is 16.0. The fourth-order valence-electron chi connectivity index (χ4n) is 2.30. The van der Waals surface area contributed by atoms with Crippen LogP contribution in [0.4, 0.5) is 5.82 Å². The molecule has 0 bridgehead atoms. The minimum absolute atomic E-state index is 0.230. The lowest BCUT2D eigenvalue weighted by Crippen LogP contribution is -2.13. The number of aromatic nitrogens is 2. The molecule has 3 rings (SSSR count). The molecule has 0 spiro atoms. The van der Waals surface area contributed by atoms with E-state index in [0.717, 1.165) is 15.9 Å². The van der Waals surface area contributed by atoms with Crippen LogP contribution in [-0.2, 0) is 0 Å². The van der Waals surface area contributed by atoms with Gasteiger partial charge in [0, 0.05) is 16.2 Å². The molecule has 3 aromatic rings. The van der Waals surface area contributed by atoms with Crippen molar-refractivity contribution in [1.29, 1.82) is 5.26 Å². The van der Waals surface area contributed by atoms with Gasteiger partial charge in [-0.25, -0.2) is 4.68 Å². The van der Waals surface area contributed by atoms with Crippen molar-refractivity contribution in [2.45, 2.75) is 6.92 Å². The first-order valence-electron chi connectivity index (χ1n) is 7.21. The summed E-state index contributed by atoms with van der Waals surface area (Å²) in [6.07, 6.45) is 0. The summed E-state index contributed by atoms with van der Waals surface area (Å²) in [6.45, 7) is 1.90. The zero-order valence-electron chi connectivity index (χ0n) is 12.8. The van der Waals surface area contributed by atoms with Crippen molar-refractivity contribution >= 4 is 27.7 Å². The van der Waals surface area contributed by atoms with E-state index in [1.807, 2.05) is 31.2 Å². The minimum atomic E-state index is -0.230. The molecule has 118 valence electrons. The van der Waals surface area contributed by atoms with E-state index in [2.05, 4.69) is 32.4 Å². The molecule has 0 fully saturated rings. The highest BCUT2D eigenvalue weighted by molar-refractivity contribution is 9.10. The molecule has 1 amide bonds. The second kappa shape index (κ2) is 6.69. The highest BCUT2D eigenvalue weighted by atomic mass is 79.9. The van der Waals surface area contributed by atoms with E-state index >= 15 is 0 Å². The molecule has 0 aliphatic carbocycles. The maximum atomic E-state index is 12.3. The number of benzene rings is 2. The lowest BCUT2D eigenvalue weighted by Gasteiger charge is -2.05. The van der Waals surface area contributed by atoms with Crippen molar-refractivity contribution in [2.24, 2.45) is 0 Å². The summed E-state index contributed by atoms with van der Waals surface area (Å²) in [5.41, 5.74) is 2.84.